The monoisotopic (exact) mass is 393 g/mol. The third-order valence-electron chi connectivity index (χ3n) is 3.98. The summed E-state index contributed by atoms with van der Waals surface area (Å²) in [5.41, 5.74) is 7.37. The van der Waals surface area contributed by atoms with Gasteiger partial charge in [-0.1, -0.05) is 18.2 Å². The zero-order chi connectivity index (χ0) is 20.8. The Kier molecular flexibility index (Phi) is 5.88. The highest BCUT2D eigenvalue weighted by Gasteiger charge is 2.13. The molecule has 0 saturated carbocycles. The molecule has 2 aromatic heterocycles. The quantitative estimate of drug-likeness (QED) is 0.458. The van der Waals surface area contributed by atoms with E-state index in [0.717, 1.165) is 0 Å². The molecule has 2 heterocycles. The van der Waals surface area contributed by atoms with Gasteiger partial charge in [0.25, 0.3) is 5.91 Å². The number of carboxylic acids is 1. The van der Waals surface area contributed by atoms with Crippen LogP contribution < -0.4 is 21.1 Å². The number of hydrogen-bond acceptors (Lipinski definition) is 7. The lowest BCUT2D eigenvalue weighted by Crippen LogP contribution is -2.14. The first kappa shape index (κ1) is 19.6. The van der Waals surface area contributed by atoms with Gasteiger partial charge in [-0.15, -0.1) is 0 Å². The van der Waals surface area contributed by atoms with Crippen LogP contribution in [0, 0.1) is 0 Å². The Hall–Kier alpha value is -4.14. The number of pyridine rings is 2. The molecule has 0 bridgehead atoms. The summed E-state index contributed by atoms with van der Waals surface area (Å²) in [7, 11) is 1.55. The number of nitrogens with two attached hydrogens (primary N) is 1. The SMILES string of the molecule is COc1ccccc1Nc1cc(Nc2ccc(CC(=O)O)cn2)ncc1C(N)=O. The molecule has 29 heavy (non-hydrogen) atoms. The summed E-state index contributed by atoms with van der Waals surface area (Å²) in [6.07, 6.45) is 2.73. The molecule has 0 radical (unpaired) electrons. The van der Waals surface area contributed by atoms with Gasteiger partial charge in [0.1, 0.15) is 17.4 Å². The van der Waals surface area contributed by atoms with Crippen molar-refractivity contribution in [2.75, 3.05) is 17.7 Å². The van der Waals surface area contributed by atoms with Crippen LogP contribution in [0.3, 0.4) is 0 Å². The van der Waals surface area contributed by atoms with Crippen molar-refractivity contribution in [3.8, 4) is 5.75 Å². The highest BCUT2D eigenvalue weighted by molar-refractivity contribution is 5.99. The fourth-order valence-corrected chi connectivity index (χ4v) is 2.63. The molecule has 9 nitrogen and oxygen atoms in total. The van der Waals surface area contributed by atoms with Crippen LogP contribution in [0.25, 0.3) is 0 Å². The Morgan fingerprint density at radius 3 is 2.45 bits per heavy atom. The first-order chi connectivity index (χ1) is 14.0. The summed E-state index contributed by atoms with van der Waals surface area (Å²) >= 11 is 0. The van der Waals surface area contributed by atoms with Crippen LogP contribution in [-0.4, -0.2) is 34.1 Å². The molecular formula is C20H19N5O4. The van der Waals surface area contributed by atoms with Gasteiger partial charge in [0.2, 0.25) is 0 Å². The molecule has 1 amide bonds. The molecular weight excluding hydrogens is 374 g/mol. The molecule has 0 atom stereocenters. The van der Waals surface area contributed by atoms with Crippen LogP contribution in [0.4, 0.5) is 23.0 Å². The lowest BCUT2D eigenvalue weighted by Gasteiger charge is -2.14. The maximum absolute atomic E-state index is 11.8. The highest BCUT2D eigenvalue weighted by Crippen LogP contribution is 2.30. The van der Waals surface area contributed by atoms with Gasteiger partial charge in [-0.05, 0) is 23.8 Å². The number of primary amides is 1. The van der Waals surface area contributed by atoms with Crippen molar-refractivity contribution in [1.29, 1.82) is 0 Å². The van der Waals surface area contributed by atoms with Crippen molar-refractivity contribution in [2.24, 2.45) is 5.73 Å². The van der Waals surface area contributed by atoms with E-state index in [-0.39, 0.29) is 12.0 Å². The zero-order valence-corrected chi connectivity index (χ0v) is 15.5. The largest absolute Gasteiger partial charge is 0.495 e. The van der Waals surface area contributed by atoms with E-state index in [1.165, 1.54) is 12.4 Å². The van der Waals surface area contributed by atoms with Crippen molar-refractivity contribution in [1.82, 2.24) is 9.97 Å². The molecule has 0 saturated heterocycles. The average molecular weight is 393 g/mol. The molecule has 9 heteroatoms. The van der Waals surface area contributed by atoms with E-state index in [0.29, 0.717) is 34.3 Å². The number of amides is 1. The number of aromatic nitrogens is 2. The molecule has 148 valence electrons. The summed E-state index contributed by atoms with van der Waals surface area (Å²) in [5, 5.41) is 15.0. The number of nitrogens with one attached hydrogen (secondary N) is 2. The van der Waals surface area contributed by atoms with E-state index in [1.54, 1.807) is 37.4 Å². The van der Waals surface area contributed by atoms with Crippen LogP contribution in [0.5, 0.6) is 5.75 Å². The van der Waals surface area contributed by atoms with Crippen molar-refractivity contribution in [2.45, 2.75) is 6.42 Å². The number of methoxy groups -OCH3 is 1. The maximum Gasteiger partial charge on any atom is 0.307 e. The van der Waals surface area contributed by atoms with Crippen LogP contribution in [0.15, 0.2) is 54.9 Å². The number of anilines is 4. The lowest BCUT2D eigenvalue weighted by molar-refractivity contribution is -0.136. The minimum atomic E-state index is -0.928. The van der Waals surface area contributed by atoms with E-state index in [9.17, 15) is 9.59 Å². The lowest BCUT2D eigenvalue weighted by atomic mass is 10.2. The van der Waals surface area contributed by atoms with Gasteiger partial charge in [0, 0.05) is 18.5 Å². The number of carboxylic acid groups (broad SMARTS) is 1. The van der Waals surface area contributed by atoms with Gasteiger partial charge in [0.15, 0.2) is 0 Å². The highest BCUT2D eigenvalue weighted by atomic mass is 16.5. The fourth-order valence-electron chi connectivity index (χ4n) is 2.63. The van der Waals surface area contributed by atoms with E-state index >= 15 is 0 Å². The second-order valence-electron chi connectivity index (χ2n) is 6.05. The summed E-state index contributed by atoms with van der Waals surface area (Å²) in [5.74, 6) is -0.0571. The smallest absolute Gasteiger partial charge is 0.307 e. The Morgan fingerprint density at radius 1 is 1.03 bits per heavy atom. The summed E-state index contributed by atoms with van der Waals surface area (Å²) in [6, 6.07) is 12.2. The third kappa shape index (κ3) is 4.98. The molecule has 0 aliphatic rings. The molecule has 0 fully saturated rings. The van der Waals surface area contributed by atoms with Gasteiger partial charge in [-0.3, -0.25) is 9.59 Å². The Balaban J connectivity index is 1.86. The average Bonchev–Trinajstić information content (AvgIpc) is 2.69. The van der Waals surface area contributed by atoms with Crippen LogP contribution in [0.2, 0.25) is 0 Å². The van der Waals surface area contributed by atoms with Gasteiger partial charge >= 0.3 is 5.97 Å². The maximum atomic E-state index is 11.8. The number of carbonyl (C=O) groups excluding carboxylic acids is 1. The van der Waals surface area contributed by atoms with Gasteiger partial charge < -0.3 is 26.2 Å². The number of carbonyl (C=O) groups is 2. The predicted molar refractivity (Wildman–Crippen MR) is 108 cm³/mol. The zero-order valence-electron chi connectivity index (χ0n) is 15.5. The Morgan fingerprint density at radius 2 is 1.79 bits per heavy atom. The first-order valence-electron chi connectivity index (χ1n) is 8.60. The second-order valence-corrected chi connectivity index (χ2v) is 6.05. The van der Waals surface area contributed by atoms with Crippen LogP contribution in [-0.2, 0) is 11.2 Å². The number of benzene rings is 1. The van der Waals surface area contributed by atoms with Crippen molar-refractivity contribution >= 4 is 34.9 Å². The van der Waals surface area contributed by atoms with E-state index in [2.05, 4.69) is 20.6 Å². The third-order valence-corrected chi connectivity index (χ3v) is 3.98. The first-order valence-corrected chi connectivity index (χ1v) is 8.60. The summed E-state index contributed by atoms with van der Waals surface area (Å²) in [4.78, 5) is 30.9. The molecule has 5 N–H and O–H groups in total. The van der Waals surface area contributed by atoms with Crippen LogP contribution in [0.1, 0.15) is 15.9 Å². The number of rotatable bonds is 8. The topological polar surface area (TPSA) is 139 Å². The van der Waals surface area contributed by atoms with E-state index in [1.807, 2.05) is 12.1 Å². The number of nitrogens with zero attached hydrogens (tertiary/aromatic N) is 2. The summed E-state index contributed by atoms with van der Waals surface area (Å²) in [6.45, 7) is 0. The van der Waals surface area contributed by atoms with Crippen molar-refractivity contribution in [3.63, 3.8) is 0 Å². The number of hydrogen-bond donors (Lipinski definition) is 4. The van der Waals surface area contributed by atoms with Gasteiger partial charge in [-0.2, -0.15) is 0 Å². The number of aliphatic carboxylic acids is 1. The molecule has 0 aliphatic carbocycles. The fraction of sp³-hybridized carbons (Fsp3) is 0.100. The van der Waals surface area contributed by atoms with Crippen molar-refractivity contribution < 1.29 is 19.4 Å². The molecule has 0 unspecified atom stereocenters. The second kappa shape index (κ2) is 8.70. The molecule has 1 aromatic carbocycles. The normalized spacial score (nSPS) is 10.2. The van der Waals surface area contributed by atoms with E-state index in [4.69, 9.17) is 15.6 Å². The molecule has 0 spiro atoms. The van der Waals surface area contributed by atoms with Crippen LogP contribution >= 0.6 is 0 Å². The molecule has 3 rings (SSSR count). The molecule has 0 aliphatic heterocycles. The minimum Gasteiger partial charge on any atom is -0.495 e. The van der Waals surface area contributed by atoms with E-state index < -0.39 is 11.9 Å². The predicted octanol–water partition coefficient (Wildman–Crippen LogP) is 2.70. The Bertz CT molecular complexity index is 1040. The Labute approximate surface area is 166 Å². The molecule has 3 aromatic rings. The number of ether oxygens (including phenoxy) is 1. The minimum absolute atomic E-state index is 0.105. The van der Waals surface area contributed by atoms with Gasteiger partial charge in [-0.25, -0.2) is 9.97 Å². The number of para-hydroxylation sites is 2. The standard InChI is InChI=1S/C20H19N5O4/c1-29-16-5-3-2-4-14(16)24-15-9-18(23-11-13(15)20(21)28)25-17-7-6-12(10-22-17)8-19(26)27/h2-7,9-11H,8H2,1H3,(H2,21,28)(H,26,27)(H2,22,23,24,25). The van der Waals surface area contributed by atoms with Gasteiger partial charge in [0.05, 0.1) is 30.5 Å². The van der Waals surface area contributed by atoms with Crippen molar-refractivity contribution in [3.05, 3.63) is 66.0 Å². The summed E-state index contributed by atoms with van der Waals surface area (Å²) < 4.78 is 5.32.